The molecule has 0 radical (unpaired) electrons. The Balaban J connectivity index is 0.000000381. The molecule has 1 unspecified atom stereocenters. The van der Waals surface area contributed by atoms with Gasteiger partial charge in [-0.2, -0.15) is 0 Å². The maximum atomic E-state index is 12.5. The van der Waals surface area contributed by atoms with E-state index in [0.717, 1.165) is 25.9 Å². The van der Waals surface area contributed by atoms with Crippen LogP contribution in [0, 0.1) is 0 Å². The van der Waals surface area contributed by atoms with Crippen LogP contribution in [0.5, 0.6) is 0 Å². The summed E-state index contributed by atoms with van der Waals surface area (Å²) in [5.41, 5.74) is -0.674. The molecule has 1 aromatic carbocycles. The van der Waals surface area contributed by atoms with Gasteiger partial charge in [0.2, 0.25) is 0 Å². The standard InChI is InChI=1S/C13H16ClFN2O.F6P/c14-12(15)13(18)16-10-6-8-17(9-7-10)11-4-2-1-3-5-11;1-7(2,3,4,5)6/h1-5,10,12H,6-9H2,(H,16,18);/q;-1/p+1. The molecule has 0 aromatic heterocycles. The van der Waals surface area contributed by atoms with Crippen molar-refractivity contribution in [1.82, 2.24) is 5.32 Å². The van der Waals surface area contributed by atoms with Crippen LogP contribution in [0.3, 0.4) is 0 Å². The molecule has 12 heteroatoms. The second-order valence-electron chi connectivity index (χ2n) is 5.51. The van der Waals surface area contributed by atoms with E-state index in [1.807, 2.05) is 18.2 Å². The molecular weight excluding hydrogens is 400 g/mol. The number of para-hydroxylation sites is 1. The zero-order chi connectivity index (χ0) is 19.4. The largest absolute Gasteiger partial charge is 0.349 e. The fraction of sp³-hybridized carbons (Fsp3) is 0.462. The Hall–Kier alpha value is -1.12. The summed E-state index contributed by atoms with van der Waals surface area (Å²) < 4.78 is 71.7. The number of carbonyl (C=O) groups excluding carboxylic acids is 1. The Morgan fingerprint density at radius 1 is 1.08 bits per heavy atom. The van der Waals surface area contributed by atoms with E-state index in [1.54, 1.807) is 0 Å². The van der Waals surface area contributed by atoms with Gasteiger partial charge in [-0.15, -0.1) is 0 Å². The predicted octanol–water partition coefficient (Wildman–Crippen LogP) is 4.40. The fourth-order valence-corrected chi connectivity index (χ4v) is 2.40. The van der Waals surface area contributed by atoms with Crippen molar-refractivity contribution in [3.8, 4) is 0 Å². The summed E-state index contributed by atoms with van der Waals surface area (Å²) in [6, 6.07) is 10.3. The minimum absolute atomic E-state index is 0.0435. The van der Waals surface area contributed by atoms with E-state index >= 15 is 0 Å². The zero-order valence-electron chi connectivity index (χ0n) is 12.7. The molecular formula is C13H17ClF7N2OP. The van der Waals surface area contributed by atoms with Crippen molar-refractivity contribution in [3.05, 3.63) is 30.3 Å². The molecule has 1 aromatic rings. The summed E-state index contributed by atoms with van der Waals surface area (Å²) in [5.74, 6) is -0.718. The summed E-state index contributed by atoms with van der Waals surface area (Å²) in [4.78, 5) is 12.5. The van der Waals surface area contributed by atoms with Crippen LogP contribution in [-0.2, 0) is 4.79 Å². The van der Waals surface area contributed by atoms with Gasteiger partial charge in [-0.25, -0.2) is 4.39 Å². The number of carbonyl (C=O) groups is 1. The Labute approximate surface area is 144 Å². The molecule has 146 valence electrons. The van der Waals surface area contributed by atoms with Crippen molar-refractivity contribution in [2.24, 2.45) is 0 Å². The third kappa shape index (κ3) is 12.0. The first-order valence-electron chi connectivity index (χ1n) is 7.17. The third-order valence-corrected chi connectivity index (χ3v) is 3.51. The van der Waals surface area contributed by atoms with Gasteiger partial charge in [0.15, 0.2) is 0 Å². The molecule has 1 amide bonds. The molecule has 2 N–H and O–H groups in total. The molecule has 1 atom stereocenters. The van der Waals surface area contributed by atoms with Crippen molar-refractivity contribution in [2.45, 2.75) is 24.5 Å². The normalized spacial score (nSPS) is 24.8. The average molecular weight is 417 g/mol. The van der Waals surface area contributed by atoms with Gasteiger partial charge in [0, 0.05) is 18.9 Å². The van der Waals surface area contributed by atoms with Crippen molar-refractivity contribution in [2.75, 3.05) is 13.1 Å². The van der Waals surface area contributed by atoms with E-state index in [4.69, 9.17) is 11.6 Å². The maximum absolute atomic E-state index is 12.5. The maximum Gasteiger partial charge on any atom is 0.270 e. The van der Waals surface area contributed by atoms with Crippen molar-refractivity contribution in [3.63, 3.8) is 0 Å². The average Bonchev–Trinajstić information content (AvgIpc) is 2.45. The van der Waals surface area contributed by atoms with Crippen LogP contribution < -0.4 is 10.2 Å². The number of hydrogen-bond donors (Lipinski definition) is 2. The summed E-state index contributed by atoms with van der Waals surface area (Å²) in [7, 11) is -10.7. The predicted molar refractivity (Wildman–Crippen MR) is 82.3 cm³/mol. The number of amides is 1. The number of rotatable bonds is 3. The van der Waals surface area contributed by atoms with Crippen molar-refractivity contribution >= 4 is 31.0 Å². The number of halogens is 8. The quantitative estimate of drug-likeness (QED) is 0.427. The van der Waals surface area contributed by atoms with Gasteiger partial charge in [0.1, 0.15) is 5.69 Å². The van der Waals surface area contributed by atoms with Crippen LogP contribution in [0.4, 0.5) is 35.3 Å². The van der Waals surface area contributed by atoms with E-state index in [1.165, 1.54) is 10.6 Å². The van der Waals surface area contributed by atoms with Crippen LogP contribution in [0.25, 0.3) is 0 Å². The van der Waals surface area contributed by atoms with Crippen molar-refractivity contribution < 1.29 is 39.3 Å². The molecule has 0 bridgehead atoms. The van der Waals surface area contributed by atoms with E-state index in [9.17, 15) is 34.4 Å². The van der Waals surface area contributed by atoms with Gasteiger partial charge in [0.25, 0.3) is 11.5 Å². The first-order valence-corrected chi connectivity index (χ1v) is 9.63. The minimum Gasteiger partial charge on any atom is -0.349 e. The van der Waals surface area contributed by atoms with Gasteiger partial charge in [-0.05, 0) is 12.1 Å². The van der Waals surface area contributed by atoms with E-state index in [2.05, 4.69) is 17.4 Å². The molecule has 2 rings (SSSR count). The van der Waals surface area contributed by atoms with Crippen LogP contribution >= 0.6 is 19.4 Å². The number of hydrogen-bond acceptors (Lipinski definition) is 1. The summed E-state index contributed by atoms with van der Waals surface area (Å²) >= 11 is 5.09. The van der Waals surface area contributed by atoms with Gasteiger partial charge in [0.05, 0.1) is 13.1 Å². The number of piperidine rings is 1. The summed E-state index contributed by atoms with van der Waals surface area (Å²) in [5, 5.41) is 2.63. The van der Waals surface area contributed by atoms with Crippen LogP contribution in [-0.4, -0.2) is 30.7 Å². The second-order valence-corrected chi connectivity index (χ2v) is 7.81. The minimum atomic E-state index is -10.7. The van der Waals surface area contributed by atoms with Gasteiger partial charge in [-0.3, -0.25) is 4.79 Å². The van der Waals surface area contributed by atoms with Crippen LogP contribution in [0.2, 0.25) is 0 Å². The molecule has 1 heterocycles. The Bertz CT molecular complexity index is 563. The van der Waals surface area contributed by atoms with E-state index in [-0.39, 0.29) is 6.04 Å². The third-order valence-electron chi connectivity index (χ3n) is 3.32. The molecule has 0 aliphatic carbocycles. The van der Waals surface area contributed by atoms with Gasteiger partial charge < -0.3 is 10.2 Å². The Morgan fingerprint density at radius 2 is 1.52 bits per heavy atom. The topological polar surface area (TPSA) is 33.5 Å². The number of benzene rings is 1. The van der Waals surface area contributed by atoms with E-state index in [0.29, 0.717) is 0 Å². The molecule has 25 heavy (non-hydrogen) atoms. The molecule has 1 fully saturated rings. The zero-order valence-corrected chi connectivity index (χ0v) is 14.4. The monoisotopic (exact) mass is 416 g/mol. The molecule has 1 saturated heterocycles. The first-order chi connectivity index (χ1) is 11.1. The van der Waals surface area contributed by atoms with Crippen LogP contribution in [0.15, 0.2) is 30.3 Å². The van der Waals surface area contributed by atoms with E-state index < -0.39 is 19.3 Å². The fourth-order valence-electron chi connectivity index (χ4n) is 2.34. The second kappa shape index (κ2) is 7.25. The Kier molecular flexibility index (Phi) is 6.35. The number of quaternary nitrogens is 1. The molecule has 1 aliphatic rings. The first kappa shape index (κ1) is 21.9. The number of nitrogens with one attached hydrogen (secondary N) is 2. The summed E-state index contributed by atoms with van der Waals surface area (Å²) in [6.07, 6.45) is 1.69. The smallest absolute Gasteiger partial charge is 0.270 e. The SMILES string of the molecule is F[P-](F)(F)(F)(F)F.O=C(NC1CC[NH+](c2ccccc2)CC1)C(F)Cl. The van der Waals surface area contributed by atoms with Gasteiger partial charge in [-0.1, -0.05) is 29.8 Å². The van der Waals surface area contributed by atoms with Crippen LogP contribution in [0.1, 0.15) is 12.8 Å². The number of alkyl halides is 2. The van der Waals surface area contributed by atoms with Crippen molar-refractivity contribution in [1.29, 1.82) is 0 Å². The summed E-state index contributed by atoms with van der Waals surface area (Å²) in [6.45, 7) is 1.88. The van der Waals surface area contributed by atoms with Gasteiger partial charge >= 0.3 is 33.0 Å². The molecule has 1 aliphatic heterocycles. The molecule has 3 nitrogen and oxygen atoms in total. The Morgan fingerprint density at radius 3 is 1.92 bits per heavy atom. The molecule has 0 saturated carbocycles. The molecule has 0 spiro atoms.